The summed E-state index contributed by atoms with van der Waals surface area (Å²) in [5.74, 6) is 0.408. The van der Waals surface area contributed by atoms with Gasteiger partial charge in [-0.3, -0.25) is 14.8 Å². The SMILES string of the molecule is CC(C)Cc1cc(CN2CCc3ccc(NC(=O)c4ccccc4Cl)cc3C2)[nH]n1. The maximum atomic E-state index is 12.6. The summed E-state index contributed by atoms with van der Waals surface area (Å²) in [5, 5.41) is 11.1. The van der Waals surface area contributed by atoms with Crippen molar-refractivity contribution in [2.75, 3.05) is 11.9 Å². The molecule has 0 spiro atoms. The van der Waals surface area contributed by atoms with E-state index in [9.17, 15) is 4.79 Å². The molecule has 0 saturated carbocycles. The highest BCUT2D eigenvalue weighted by Crippen LogP contribution is 2.25. The summed E-state index contributed by atoms with van der Waals surface area (Å²) in [6, 6.07) is 15.4. The number of rotatable bonds is 6. The van der Waals surface area contributed by atoms with Crippen LogP contribution in [0.3, 0.4) is 0 Å². The summed E-state index contributed by atoms with van der Waals surface area (Å²) < 4.78 is 0. The van der Waals surface area contributed by atoms with Crippen LogP contribution in [0.4, 0.5) is 5.69 Å². The molecule has 1 amide bonds. The summed E-state index contributed by atoms with van der Waals surface area (Å²) in [4.78, 5) is 15.0. The lowest BCUT2D eigenvalue weighted by Crippen LogP contribution is -2.30. The Morgan fingerprint density at radius 1 is 1.20 bits per heavy atom. The molecular formula is C24H27ClN4O. The zero-order valence-corrected chi connectivity index (χ0v) is 18.2. The lowest BCUT2D eigenvalue weighted by molar-refractivity contribution is 0.102. The molecule has 2 heterocycles. The van der Waals surface area contributed by atoms with Crippen molar-refractivity contribution in [1.29, 1.82) is 0 Å². The summed E-state index contributed by atoms with van der Waals surface area (Å²) >= 11 is 6.15. The molecule has 0 fully saturated rings. The quantitative estimate of drug-likeness (QED) is 0.582. The van der Waals surface area contributed by atoms with Crippen LogP contribution in [0.25, 0.3) is 0 Å². The van der Waals surface area contributed by atoms with E-state index < -0.39 is 0 Å². The number of carbonyl (C=O) groups is 1. The fourth-order valence-corrected chi connectivity index (χ4v) is 4.15. The van der Waals surface area contributed by atoms with E-state index in [0.29, 0.717) is 16.5 Å². The van der Waals surface area contributed by atoms with Gasteiger partial charge in [0.05, 0.1) is 16.3 Å². The first-order valence-electron chi connectivity index (χ1n) is 10.4. The summed E-state index contributed by atoms with van der Waals surface area (Å²) in [5.41, 5.74) is 6.14. The first-order chi connectivity index (χ1) is 14.5. The van der Waals surface area contributed by atoms with Crippen molar-refractivity contribution >= 4 is 23.2 Å². The molecule has 0 unspecified atom stereocenters. The third-order valence-corrected chi connectivity index (χ3v) is 5.70. The minimum atomic E-state index is -0.191. The van der Waals surface area contributed by atoms with Gasteiger partial charge in [0.2, 0.25) is 0 Å². The maximum Gasteiger partial charge on any atom is 0.257 e. The van der Waals surface area contributed by atoms with Gasteiger partial charge < -0.3 is 5.32 Å². The fraction of sp³-hybridized carbons (Fsp3) is 0.333. The first kappa shape index (κ1) is 20.6. The Morgan fingerprint density at radius 3 is 2.83 bits per heavy atom. The van der Waals surface area contributed by atoms with Crippen LogP contribution in [-0.4, -0.2) is 27.5 Å². The van der Waals surface area contributed by atoms with Crippen LogP contribution in [0, 0.1) is 5.92 Å². The second kappa shape index (κ2) is 9.02. The number of H-pyrrole nitrogens is 1. The summed E-state index contributed by atoms with van der Waals surface area (Å²) in [7, 11) is 0. The number of hydrogen-bond acceptors (Lipinski definition) is 3. The van der Waals surface area contributed by atoms with Crippen LogP contribution in [0.2, 0.25) is 5.02 Å². The van der Waals surface area contributed by atoms with Crippen LogP contribution in [0.5, 0.6) is 0 Å². The Morgan fingerprint density at radius 2 is 2.03 bits per heavy atom. The van der Waals surface area contributed by atoms with Crippen LogP contribution in [-0.2, 0) is 25.9 Å². The van der Waals surface area contributed by atoms with Gasteiger partial charge in [0.25, 0.3) is 5.91 Å². The van der Waals surface area contributed by atoms with E-state index >= 15 is 0 Å². The van der Waals surface area contributed by atoms with E-state index in [4.69, 9.17) is 11.6 Å². The molecule has 0 atom stereocenters. The number of hydrogen-bond donors (Lipinski definition) is 2. The fourth-order valence-electron chi connectivity index (χ4n) is 3.93. The molecule has 2 N–H and O–H groups in total. The highest BCUT2D eigenvalue weighted by atomic mass is 35.5. The molecule has 30 heavy (non-hydrogen) atoms. The zero-order chi connectivity index (χ0) is 21.1. The molecule has 4 rings (SSSR count). The van der Waals surface area contributed by atoms with Crippen molar-refractivity contribution in [1.82, 2.24) is 15.1 Å². The van der Waals surface area contributed by atoms with Crippen LogP contribution in [0.1, 0.15) is 46.7 Å². The van der Waals surface area contributed by atoms with Crippen LogP contribution >= 0.6 is 11.6 Å². The number of anilines is 1. The molecule has 0 aliphatic carbocycles. The maximum absolute atomic E-state index is 12.6. The van der Waals surface area contributed by atoms with E-state index in [-0.39, 0.29) is 5.91 Å². The lowest BCUT2D eigenvalue weighted by atomic mass is 9.98. The predicted molar refractivity (Wildman–Crippen MR) is 121 cm³/mol. The van der Waals surface area contributed by atoms with Crippen molar-refractivity contribution in [2.24, 2.45) is 5.92 Å². The topological polar surface area (TPSA) is 61.0 Å². The Labute approximate surface area is 182 Å². The molecule has 2 aromatic carbocycles. The summed E-state index contributed by atoms with van der Waals surface area (Å²) in [6.07, 6.45) is 1.99. The third kappa shape index (κ3) is 4.91. The van der Waals surface area contributed by atoms with Crippen molar-refractivity contribution in [3.63, 3.8) is 0 Å². The minimum absolute atomic E-state index is 0.191. The molecule has 1 aliphatic rings. The molecule has 0 radical (unpaired) electrons. The molecule has 0 saturated heterocycles. The second-order valence-corrected chi connectivity index (χ2v) is 8.77. The number of carbonyl (C=O) groups excluding carboxylic acids is 1. The lowest BCUT2D eigenvalue weighted by Gasteiger charge is -2.28. The van der Waals surface area contributed by atoms with Gasteiger partial charge in [0, 0.05) is 31.0 Å². The highest BCUT2D eigenvalue weighted by Gasteiger charge is 2.18. The highest BCUT2D eigenvalue weighted by molar-refractivity contribution is 6.34. The second-order valence-electron chi connectivity index (χ2n) is 8.36. The smallest absolute Gasteiger partial charge is 0.257 e. The van der Waals surface area contributed by atoms with E-state index in [1.807, 2.05) is 18.2 Å². The van der Waals surface area contributed by atoms with Gasteiger partial charge in [-0.15, -0.1) is 0 Å². The van der Waals surface area contributed by atoms with Crippen molar-refractivity contribution in [2.45, 2.75) is 39.8 Å². The van der Waals surface area contributed by atoms with Crippen LogP contribution in [0.15, 0.2) is 48.5 Å². The van der Waals surface area contributed by atoms with E-state index in [0.717, 1.165) is 49.6 Å². The number of aromatic nitrogens is 2. The number of fused-ring (bicyclic) bond motifs is 1. The van der Waals surface area contributed by atoms with Crippen LogP contribution < -0.4 is 5.32 Å². The molecule has 0 bridgehead atoms. The van der Waals surface area contributed by atoms with Gasteiger partial charge in [-0.05, 0) is 60.2 Å². The van der Waals surface area contributed by atoms with Crippen molar-refractivity contribution in [3.05, 3.63) is 81.6 Å². The number of nitrogens with zero attached hydrogens (tertiary/aromatic N) is 2. The van der Waals surface area contributed by atoms with Crippen molar-refractivity contribution in [3.8, 4) is 0 Å². The Balaban J connectivity index is 1.42. The molecule has 1 aromatic heterocycles. The zero-order valence-electron chi connectivity index (χ0n) is 17.4. The minimum Gasteiger partial charge on any atom is -0.322 e. The summed E-state index contributed by atoms with van der Waals surface area (Å²) in [6.45, 7) is 7.12. The van der Waals surface area contributed by atoms with Gasteiger partial charge in [0.1, 0.15) is 0 Å². The molecular weight excluding hydrogens is 396 g/mol. The average molecular weight is 423 g/mol. The number of amides is 1. The van der Waals surface area contributed by atoms with E-state index in [1.54, 1.807) is 12.1 Å². The molecule has 6 heteroatoms. The average Bonchev–Trinajstić information content (AvgIpc) is 3.14. The standard InChI is InChI=1S/C24H27ClN4O/c1-16(2)11-20-13-21(28-27-20)15-29-10-9-17-7-8-19(12-18(17)14-29)26-24(30)22-5-3-4-6-23(22)25/h3-8,12-13,16H,9-11,14-15H2,1-2H3,(H,26,30)(H,27,28). The monoisotopic (exact) mass is 422 g/mol. The predicted octanol–water partition coefficient (Wildman–Crippen LogP) is 5.07. The van der Waals surface area contributed by atoms with Gasteiger partial charge in [-0.1, -0.05) is 43.6 Å². The van der Waals surface area contributed by atoms with E-state index in [2.05, 4.69) is 52.5 Å². The van der Waals surface area contributed by atoms with Crippen molar-refractivity contribution < 1.29 is 4.79 Å². The van der Waals surface area contributed by atoms with Gasteiger partial charge in [0.15, 0.2) is 0 Å². The largest absolute Gasteiger partial charge is 0.322 e. The Bertz CT molecular complexity index is 1040. The number of aromatic amines is 1. The van der Waals surface area contributed by atoms with Gasteiger partial charge >= 0.3 is 0 Å². The van der Waals surface area contributed by atoms with Gasteiger partial charge in [-0.2, -0.15) is 5.10 Å². The third-order valence-electron chi connectivity index (χ3n) is 5.37. The normalized spacial score (nSPS) is 14.0. The Hall–Kier alpha value is -2.63. The number of benzene rings is 2. The van der Waals surface area contributed by atoms with E-state index in [1.165, 1.54) is 11.1 Å². The first-order valence-corrected chi connectivity index (χ1v) is 10.8. The number of halogens is 1. The molecule has 1 aliphatic heterocycles. The number of nitrogens with one attached hydrogen (secondary N) is 2. The molecule has 3 aromatic rings. The molecule has 5 nitrogen and oxygen atoms in total. The van der Waals surface area contributed by atoms with Gasteiger partial charge in [-0.25, -0.2) is 0 Å². The Kier molecular flexibility index (Phi) is 6.21. The molecule has 156 valence electrons.